The Kier molecular flexibility index (Phi) is 4.45. The Morgan fingerprint density at radius 3 is 2.59 bits per heavy atom. The lowest BCUT2D eigenvalue weighted by atomic mass is 9.95. The number of benzene rings is 1. The Bertz CT molecular complexity index is 878. The molecule has 1 aromatic carbocycles. The first kappa shape index (κ1) is 17.4. The Hall–Kier alpha value is -3.06. The molecule has 2 aliphatic heterocycles. The molecule has 7 nitrogen and oxygen atoms in total. The van der Waals surface area contributed by atoms with Gasteiger partial charge in [0.05, 0.1) is 24.0 Å². The van der Waals surface area contributed by atoms with E-state index in [4.69, 9.17) is 9.15 Å². The van der Waals surface area contributed by atoms with Crippen molar-refractivity contribution >= 4 is 11.7 Å². The van der Waals surface area contributed by atoms with Gasteiger partial charge in [-0.05, 0) is 42.7 Å². The molecule has 7 heteroatoms. The molecule has 27 heavy (non-hydrogen) atoms. The summed E-state index contributed by atoms with van der Waals surface area (Å²) in [7, 11) is 0. The highest BCUT2D eigenvalue weighted by molar-refractivity contribution is 6.15. The summed E-state index contributed by atoms with van der Waals surface area (Å²) in [6.45, 7) is 0.900. The number of aliphatic hydroxyl groups is 1. The summed E-state index contributed by atoms with van der Waals surface area (Å²) >= 11 is 0. The summed E-state index contributed by atoms with van der Waals surface area (Å²) < 4.78 is 10.8. The van der Waals surface area contributed by atoms with Crippen molar-refractivity contribution < 1.29 is 29.0 Å². The van der Waals surface area contributed by atoms with Gasteiger partial charge in [0, 0.05) is 13.2 Å². The zero-order valence-electron chi connectivity index (χ0n) is 14.5. The van der Waals surface area contributed by atoms with Crippen LogP contribution < -0.4 is 0 Å². The van der Waals surface area contributed by atoms with Gasteiger partial charge in [0.15, 0.2) is 11.5 Å². The predicted molar refractivity (Wildman–Crippen MR) is 94.2 cm³/mol. The van der Waals surface area contributed by atoms with Crippen LogP contribution >= 0.6 is 0 Å². The van der Waals surface area contributed by atoms with Crippen molar-refractivity contribution in [3.63, 3.8) is 0 Å². The maximum absolute atomic E-state index is 12.9. The predicted octanol–water partition coefficient (Wildman–Crippen LogP) is 2.74. The molecule has 2 aromatic rings. The second-order valence-corrected chi connectivity index (χ2v) is 6.66. The second-order valence-electron chi connectivity index (χ2n) is 6.66. The molecule has 4 rings (SSSR count). The Labute approximate surface area is 155 Å². The van der Waals surface area contributed by atoms with Crippen LogP contribution in [0.25, 0.3) is 0 Å². The highest BCUT2D eigenvalue weighted by atomic mass is 16.5. The van der Waals surface area contributed by atoms with Crippen LogP contribution in [0.5, 0.6) is 5.75 Å². The van der Waals surface area contributed by atoms with Gasteiger partial charge >= 0.3 is 0 Å². The summed E-state index contributed by atoms with van der Waals surface area (Å²) in [4.78, 5) is 27.1. The van der Waals surface area contributed by atoms with E-state index < -0.39 is 23.5 Å². The Balaban J connectivity index is 1.75. The largest absolute Gasteiger partial charge is 0.508 e. The summed E-state index contributed by atoms with van der Waals surface area (Å²) in [5.41, 5.74) is 0.580. The molecule has 0 bridgehead atoms. The van der Waals surface area contributed by atoms with Crippen molar-refractivity contribution in [3.05, 3.63) is 65.3 Å². The lowest BCUT2D eigenvalue weighted by Crippen LogP contribution is -2.37. The molecule has 1 aromatic heterocycles. The molecule has 140 valence electrons. The van der Waals surface area contributed by atoms with Crippen LogP contribution in [0.2, 0.25) is 0 Å². The molecular formula is C20H19NO6. The van der Waals surface area contributed by atoms with Gasteiger partial charge in [-0.15, -0.1) is 0 Å². The maximum Gasteiger partial charge on any atom is 0.290 e. The van der Waals surface area contributed by atoms with Crippen molar-refractivity contribution in [2.45, 2.75) is 25.0 Å². The van der Waals surface area contributed by atoms with E-state index in [-0.39, 0.29) is 29.7 Å². The molecule has 0 saturated carbocycles. The number of aromatic hydroxyl groups is 1. The number of furan rings is 1. The summed E-state index contributed by atoms with van der Waals surface area (Å²) in [5, 5.41) is 20.1. The van der Waals surface area contributed by atoms with Crippen molar-refractivity contribution in [3.8, 4) is 5.75 Å². The number of ether oxygens (including phenoxy) is 1. The normalized spacial score (nSPS) is 22.7. The fourth-order valence-electron chi connectivity index (χ4n) is 3.63. The molecule has 0 unspecified atom stereocenters. The molecular weight excluding hydrogens is 350 g/mol. The fourth-order valence-corrected chi connectivity index (χ4v) is 3.63. The fraction of sp³-hybridized carbons (Fsp3) is 0.300. The SMILES string of the molecule is O=C(C1=C(O)C(=O)N(C[C@@H]2CCCO2)[C@@H]1c1ccc(O)cc1)c1ccco1. The van der Waals surface area contributed by atoms with Gasteiger partial charge in [-0.3, -0.25) is 9.59 Å². The first-order valence-electron chi connectivity index (χ1n) is 8.79. The first-order chi connectivity index (χ1) is 13.1. The third-order valence-corrected chi connectivity index (χ3v) is 4.93. The van der Waals surface area contributed by atoms with Crippen LogP contribution in [0, 0.1) is 0 Å². The Morgan fingerprint density at radius 2 is 1.96 bits per heavy atom. The lowest BCUT2D eigenvalue weighted by molar-refractivity contribution is -0.131. The van der Waals surface area contributed by atoms with Crippen molar-refractivity contribution in [1.82, 2.24) is 4.90 Å². The maximum atomic E-state index is 12.9. The minimum absolute atomic E-state index is 0.0290. The van der Waals surface area contributed by atoms with Crippen molar-refractivity contribution in [2.24, 2.45) is 0 Å². The number of carbonyl (C=O) groups is 2. The van der Waals surface area contributed by atoms with Crippen molar-refractivity contribution in [1.29, 1.82) is 0 Å². The second kappa shape index (κ2) is 6.92. The lowest BCUT2D eigenvalue weighted by Gasteiger charge is -2.28. The highest BCUT2D eigenvalue weighted by Crippen LogP contribution is 2.40. The van der Waals surface area contributed by atoms with Crippen molar-refractivity contribution in [2.75, 3.05) is 13.2 Å². The zero-order valence-corrected chi connectivity index (χ0v) is 14.5. The van der Waals surface area contributed by atoms with E-state index in [0.29, 0.717) is 12.2 Å². The van der Waals surface area contributed by atoms with Crippen LogP contribution in [-0.4, -0.2) is 46.1 Å². The number of phenols is 1. The number of hydrogen-bond donors (Lipinski definition) is 2. The van der Waals surface area contributed by atoms with Crippen LogP contribution in [0.1, 0.15) is 35.0 Å². The number of Topliss-reactive ketones (excluding diaryl/α,β-unsaturated/α-hetero) is 1. The number of carbonyl (C=O) groups excluding carboxylic acids is 2. The van der Waals surface area contributed by atoms with Gasteiger partial charge in [-0.2, -0.15) is 0 Å². The van der Waals surface area contributed by atoms with E-state index in [9.17, 15) is 19.8 Å². The average molecular weight is 369 g/mol. The third-order valence-electron chi connectivity index (χ3n) is 4.93. The summed E-state index contributed by atoms with van der Waals surface area (Å²) in [6.07, 6.45) is 2.95. The van der Waals surface area contributed by atoms with Crippen LogP contribution in [0.4, 0.5) is 0 Å². The van der Waals surface area contributed by atoms with Gasteiger partial charge in [-0.1, -0.05) is 12.1 Å². The zero-order chi connectivity index (χ0) is 19.0. The van der Waals surface area contributed by atoms with E-state index in [0.717, 1.165) is 12.8 Å². The van der Waals surface area contributed by atoms with Gasteiger partial charge in [0.2, 0.25) is 5.78 Å². The number of phenolic OH excluding ortho intramolecular Hbond substituents is 1. The molecule has 0 aliphatic carbocycles. The summed E-state index contributed by atoms with van der Waals surface area (Å²) in [5.74, 6) is -1.61. The van der Waals surface area contributed by atoms with Gasteiger partial charge in [-0.25, -0.2) is 0 Å². The Morgan fingerprint density at radius 1 is 1.19 bits per heavy atom. The minimum atomic E-state index is -0.778. The molecule has 2 aliphatic rings. The number of amides is 1. The molecule has 3 heterocycles. The van der Waals surface area contributed by atoms with E-state index >= 15 is 0 Å². The molecule has 0 spiro atoms. The topological polar surface area (TPSA) is 100 Å². The van der Waals surface area contributed by atoms with Gasteiger partial charge in [0.25, 0.3) is 5.91 Å². The third kappa shape index (κ3) is 3.10. The number of aliphatic hydroxyl groups excluding tert-OH is 1. The molecule has 1 saturated heterocycles. The average Bonchev–Trinajstić information content (AvgIpc) is 3.41. The van der Waals surface area contributed by atoms with E-state index in [1.807, 2.05) is 0 Å². The molecule has 1 amide bonds. The monoisotopic (exact) mass is 369 g/mol. The van der Waals surface area contributed by atoms with E-state index in [1.165, 1.54) is 29.4 Å². The number of ketones is 1. The van der Waals surface area contributed by atoms with Gasteiger partial charge < -0.3 is 24.3 Å². The molecule has 0 radical (unpaired) electrons. The summed E-state index contributed by atoms with van der Waals surface area (Å²) in [6, 6.07) is 8.50. The minimum Gasteiger partial charge on any atom is -0.508 e. The number of nitrogens with zero attached hydrogens (tertiary/aromatic N) is 1. The van der Waals surface area contributed by atoms with E-state index in [2.05, 4.69) is 0 Å². The smallest absolute Gasteiger partial charge is 0.290 e. The quantitative estimate of drug-likeness (QED) is 0.786. The number of rotatable bonds is 5. The molecule has 1 fully saturated rings. The molecule has 2 N–H and O–H groups in total. The van der Waals surface area contributed by atoms with Crippen LogP contribution in [-0.2, 0) is 9.53 Å². The van der Waals surface area contributed by atoms with Gasteiger partial charge in [0.1, 0.15) is 5.75 Å². The number of hydrogen-bond acceptors (Lipinski definition) is 6. The van der Waals surface area contributed by atoms with Crippen LogP contribution in [0.3, 0.4) is 0 Å². The standard InChI is InChI=1S/C20H19NO6/c22-13-7-5-12(6-8-13)17-16(18(23)15-4-2-10-27-15)19(24)20(25)21(17)11-14-3-1-9-26-14/h2,4-8,10,14,17,22,24H,1,3,9,11H2/t14-,17+/m0/s1. The molecule has 2 atom stereocenters. The van der Waals surface area contributed by atoms with Crippen LogP contribution in [0.15, 0.2) is 58.4 Å². The first-order valence-corrected chi connectivity index (χ1v) is 8.79. The highest BCUT2D eigenvalue weighted by Gasteiger charge is 2.45. The van der Waals surface area contributed by atoms with E-state index in [1.54, 1.807) is 18.2 Å².